The van der Waals surface area contributed by atoms with Crippen LogP contribution in [0.15, 0.2) is 41.3 Å². The number of hydrogen-bond donors (Lipinski definition) is 1. The number of carbonyl (C=O) groups excluding carboxylic acids is 1. The van der Waals surface area contributed by atoms with Crippen molar-refractivity contribution in [1.82, 2.24) is 9.78 Å². The Kier molecular flexibility index (Phi) is 5.83. The van der Waals surface area contributed by atoms with E-state index in [4.69, 9.17) is 4.74 Å². The second-order valence-corrected chi connectivity index (χ2v) is 8.12. The van der Waals surface area contributed by atoms with Crippen molar-refractivity contribution < 1.29 is 9.53 Å². The van der Waals surface area contributed by atoms with Crippen LogP contribution in [-0.2, 0) is 11.3 Å². The Morgan fingerprint density at radius 2 is 2.10 bits per heavy atom. The summed E-state index contributed by atoms with van der Waals surface area (Å²) in [5, 5.41) is 7.32. The van der Waals surface area contributed by atoms with Crippen LogP contribution < -0.4 is 20.5 Å². The average molecular weight is 396 g/mol. The second-order valence-electron chi connectivity index (χ2n) is 8.12. The van der Waals surface area contributed by atoms with E-state index in [2.05, 4.69) is 15.3 Å². The van der Waals surface area contributed by atoms with Gasteiger partial charge in [-0.25, -0.2) is 4.68 Å². The minimum absolute atomic E-state index is 0.00285. The van der Waals surface area contributed by atoms with Crippen LogP contribution in [0.4, 0.5) is 11.4 Å². The quantitative estimate of drug-likeness (QED) is 0.779. The van der Waals surface area contributed by atoms with Gasteiger partial charge in [-0.2, -0.15) is 5.10 Å². The third kappa shape index (κ3) is 5.16. The van der Waals surface area contributed by atoms with Gasteiger partial charge < -0.3 is 15.0 Å². The molecule has 1 aliphatic carbocycles. The average Bonchev–Trinajstić information content (AvgIpc) is 3.54. The van der Waals surface area contributed by atoms with E-state index in [1.165, 1.54) is 12.8 Å². The monoisotopic (exact) mass is 396 g/mol. The number of nitrogens with one attached hydrogen (secondary N) is 1. The maximum absolute atomic E-state index is 12.5. The number of aromatic nitrogens is 2. The van der Waals surface area contributed by atoms with Gasteiger partial charge >= 0.3 is 0 Å². The van der Waals surface area contributed by atoms with Gasteiger partial charge in [-0.05, 0) is 49.7 Å². The van der Waals surface area contributed by atoms with Gasteiger partial charge in [0.05, 0.1) is 19.0 Å². The molecule has 1 aromatic carbocycles. The Morgan fingerprint density at radius 1 is 1.24 bits per heavy atom. The van der Waals surface area contributed by atoms with Crippen molar-refractivity contribution >= 4 is 17.3 Å². The van der Waals surface area contributed by atoms with Gasteiger partial charge in [0.1, 0.15) is 5.75 Å². The first kappa shape index (κ1) is 19.5. The van der Waals surface area contributed by atoms with Crippen molar-refractivity contribution in [2.45, 2.75) is 38.6 Å². The summed E-state index contributed by atoms with van der Waals surface area (Å²) in [4.78, 5) is 27.0. The van der Waals surface area contributed by atoms with Crippen molar-refractivity contribution in [3.05, 3.63) is 46.9 Å². The SMILES string of the molecule is COc1cccc(NC(=O)C[C@H]2CCCN(c3cnn(CC4CC4)c(=O)c3)C2)c1. The molecule has 1 saturated carbocycles. The second kappa shape index (κ2) is 8.68. The third-order valence-electron chi connectivity index (χ3n) is 5.69. The smallest absolute Gasteiger partial charge is 0.268 e. The number of piperidine rings is 1. The van der Waals surface area contributed by atoms with Gasteiger partial charge in [-0.3, -0.25) is 9.59 Å². The van der Waals surface area contributed by atoms with Gasteiger partial charge in [-0.15, -0.1) is 0 Å². The highest BCUT2D eigenvalue weighted by Gasteiger charge is 2.25. The number of carbonyl (C=O) groups is 1. The lowest BCUT2D eigenvalue weighted by Gasteiger charge is -2.34. The molecule has 0 unspecified atom stereocenters. The van der Waals surface area contributed by atoms with E-state index in [0.29, 0.717) is 12.3 Å². The van der Waals surface area contributed by atoms with Gasteiger partial charge in [0, 0.05) is 43.9 Å². The maximum Gasteiger partial charge on any atom is 0.268 e. The molecule has 2 aromatic rings. The standard InChI is InChI=1S/C22H28N4O3/c1-29-20-6-2-5-18(11-20)24-21(27)10-17-4-3-9-25(14-17)19-12-22(28)26(23-13-19)15-16-7-8-16/h2,5-6,11-13,16-17H,3-4,7-10,14-15H2,1H3,(H,24,27)/t17-/m1/s1. The maximum atomic E-state index is 12.5. The van der Waals surface area contributed by atoms with E-state index >= 15 is 0 Å². The summed E-state index contributed by atoms with van der Waals surface area (Å²) < 4.78 is 6.77. The molecule has 1 saturated heterocycles. The molecule has 2 aliphatic rings. The molecule has 0 bridgehead atoms. The van der Waals surface area contributed by atoms with Crippen molar-refractivity contribution in [3.8, 4) is 5.75 Å². The lowest BCUT2D eigenvalue weighted by Crippen LogP contribution is -2.38. The van der Waals surface area contributed by atoms with E-state index in [-0.39, 0.29) is 17.4 Å². The molecule has 4 rings (SSSR count). The van der Waals surface area contributed by atoms with Crippen LogP contribution in [0, 0.1) is 11.8 Å². The van der Waals surface area contributed by atoms with Crippen LogP contribution in [0.25, 0.3) is 0 Å². The number of amides is 1. The molecule has 1 atom stereocenters. The molecule has 154 valence electrons. The zero-order valence-electron chi connectivity index (χ0n) is 16.8. The molecule has 7 heteroatoms. The first-order valence-corrected chi connectivity index (χ1v) is 10.4. The summed E-state index contributed by atoms with van der Waals surface area (Å²) in [6.07, 6.45) is 6.65. The van der Waals surface area contributed by atoms with Gasteiger partial charge in [-0.1, -0.05) is 6.07 Å². The van der Waals surface area contributed by atoms with Crippen molar-refractivity contribution in [3.63, 3.8) is 0 Å². The zero-order valence-corrected chi connectivity index (χ0v) is 16.8. The third-order valence-corrected chi connectivity index (χ3v) is 5.69. The molecular formula is C22H28N4O3. The van der Waals surface area contributed by atoms with Crippen LogP contribution in [-0.4, -0.2) is 35.9 Å². The summed E-state index contributed by atoms with van der Waals surface area (Å²) in [7, 11) is 1.61. The van der Waals surface area contributed by atoms with Gasteiger partial charge in [0.2, 0.25) is 5.91 Å². The molecule has 1 aromatic heterocycles. The normalized spacial score (nSPS) is 19.1. The molecule has 29 heavy (non-hydrogen) atoms. The van der Waals surface area contributed by atoms with E-state index in [1.807, 2.05) is 24.3 Å². The Labute approximate surface area is 170 Å². The fourth-order valence-corrected chi connectivity index (χ4v) is 3.92. The van der Waals surface area contributed by atoms with E-state index in [1.54, 1.807) is 24.1 Å². The molecule has 2 fully saturated rings. The Bertz CT molecular complexity index is 922. The van der Waals surface area contributed by atoms with E-state index in [9.17, 15) is 9.59 Å². The first-order valence-electron chi connectivity index (χ1n) is 10.4. The van der Waals surface area contributed by atoms with Crippen LogP contribution in [0.1, 0.15) is 32.1 Å². The number of benzene rings is 1. The number of rotatable bonds is 7. The highest BCUT2D eigenvalue weighted by atomic mass is 16.5. The number of methoxy groups -OCH3 is 1. The topological polar surface area (TPSA) is 76.5 Å². The fraction of sp³-hybridized carbons (Fsp3) is 0.500. The molecule has 0 spiro atoms. The molecule has 7 nitrogen and oxygen atoms in total. The van der Waals surface area contributed by atoms with E-state index in [0.717, 1.165) is 49.6 Å². The Morgan fingerprint density at radius 3 is 2.86 bits per heavy atom. The number of ether oxygens (including phenoxy) is 1. The van der Waals surface area contributed by atoms with Crippen molar-refractivity contribution in [2.75, 3.05) is 30.4 Å². The summed E-state index contributed by atoms with van der Waals surface area (Å²) in [6.45, 7) is 2.38. The number of nitrogens with zero attached hydrogens (tertiary/aromatic N) is 3. The van der Waals surface area contributed by atoms with Crippen LogP contribution >= 0.6 is 0 Å². The zero-order chi connectivity index (χ0) is 20.2. The minimum Gasteiger partial charge on any atom is -0.497 e. The molecule has 0 radical (unpaired) electrons. The van der Waals surface area contributed by atoms with Gasteiger partial charge in [0.15, 0.2) is 0 Å². The summed E-state index contributed by atoms with van der Waals surface area (Å²) >= 11 is 0. The van der Waals surface area contributed by atoms with Crippen LogP contribution in [0.2, 0.25) is 0 Å². The molecule has 1 aliphatic heterocycles. The lowest BCUT2D eigenvalue weighted by atomic mass is 9.94. The highest BCUT2D eigenvalue weighted by Crippen LogP contribution is 2.30. The van der Waals surface area contributed by atoms with Crippen LogP contribution in [0.5, 0.6) is 5.75 Å². The Hall–Kier alpha value is -2.83. The predicted molar refractivity (Wildman–Crippen MR) is 112 cm³/mol. The molecular weight excluding hydrogens is 368 g/mol. The van der Waals surface area contributed by atoms with Crippen molar-refractivity contribution in [1.29, 1.82) is 0 Å². The minimum atomic E-state index is -0.0349. The molecule has 2 heterocycles. The number of hydrogen-bond acceptors (Lipinski definition) is 5. The van der Waals surface area contributed by atoms with Crippen LogP contribution in [0.3, 0.4) is 0 Å². The van der Waals surface area contributed by atoms with E-state index < -0.39 is 0 Å². The molecule has 1 N–H and O–H groups in total. The highest BCUT2D eigenvalue weighted by molar-refractivity contribution is 5.91. The predicted octanol–water partition coefficient (Wildman–Crippen LogP) is 2.91. The van der Waals surface area contributed by atoms with Gasteiger partial charge in [0.25, 0.3) is 5.56 Å². The summed E-state index contributed by atoms with van der Waals surface area (Å²) in [6, 6.07) is 9.06. The largest absolute Gasteiger partial charge is 0.497 e. The fourth-order valence-electron chi connectivity index (χ4n) is 3.92. The Balaban J connectivity index is 1.34. The van der Waals surface area contributed by atoms with Crippen molar-refractivity contribution in [2.24, 2.45) is 11.8 Å². The first-order chi connectivity index (χ1) is 14.1. The molecule has 1 amide bonds. The lowest BCUT2D eigenvalue weighted by molar-refractivity contribution is -0.117. The summed E-state index contributed by atoms with van der Waals surface area (Å²) in [5.41, 5.74) is 1.57. The summed E-state index contributed by atoms with van der Waals surface area (Å²) in [5.74, 6) is 1.59. The number of anilines is 2.